The zero-order valence-corrected chi connectivity index (χ0v) is 13.0. The fourth-order valence-electron chi connectivity index (χ4n) is 2.60. The summed E-state index contributed by atoms with van der Waals surface area (Å²) in [6.45, 7) is 1.91. The minimum absolute atomic E-state index is 0.00468. The summed E-state index contributed by atoms with van der Waals surface area (Å²) < 4.78 is 27.8. The topological polar surface area (TPSA) is 66.4 Å². The van der Waals surface area contributed by atoms with Crippen LogP contribution in [0.3, 0.4) is 0 Å². The van der Waals surface area contributed by atoms with Crippen LogP contribution < -0.4 is 4.72 Å². The molecule has 0 aliphatic heterocycles. The van der Waals surface area contributed by atoms with Crippen LogP contribution in [0.25, 0.3) is 0 Å². The van der Waals surface area contributed by atoms with Gasteiger partial charge in [-0.2, -0.15) is 0 Å². The van der Waals surface area contributed by atoms with Crippen LogP contribution >= 0.6 is 0 Å². The average Bonchev–Trinajstić information content (AvgIpc) is 2.47. The lowest BCUT2D eigenvalue weighted by Crippen LogP contribution is -2.37. The molecule has 1 aromatic rings. The van der Waals surface area contributed by atoms with E-state index in [1.807, 2.05) is 0 Å². The molecule has 1 fully saturated rings. The summed E-state index contributed by atoms with van der Waals surface area (Å²) in [4.78, 5) is 0.185. The number of hydrogen-bond donors (Lipinski definition) is 2. The molecule has 0 bridgehead atoms. The largest absolute Gasteiger partial charge is 0.384 e. The quantitative estimate of drug-likeness (QED) is 0.838. The minimum atomic E-state index is -3.57. The Balaban J connectivity index is 2.20. The van der Waals surface area contributed by atoms with Gasteiger partial charge in [-0.1, -0.05) is 30.9 Å². The molecule has 0 spiro atoms. The lowest BCUT2D eigenvalue weighted by atomic mass is 9.88. The van der Waals surface area contributed by atoms with Gasteiger partial charge in [-0.25, -0.2) is 13.1 Å². The Morgan fingerprint density at radius 1 is 1.24 bits per heavy atom. The highest BCUT2D eigenvalue weighted by molar-refractivity contribution is 7.89. The van der Waals surface area contributed by atoms with Gasteiger partial charge < -0.3 is 5.11 Å². The maximum atomic E-state index is 12.5. The van der Waals surface area contributed by atoms with Crippen molar-refractivity contribution in [3.63, 3.8) is 0 Å². The van der Waals surface area contributed by atoms with E-state index in [9.17, 15) is 8.42 Å². The van der Waals surface area contributed by atoms with Gasteiger partial charge in [0, 0.05) is 11.6 Å². The number of aliphatic hydroxyl groups excluding tert-OH is 1. The Hall–Kier alpha value is -1.35. The molecular weight excluding hydrogens is 286 g/mol. The Labute approximate surface area is 126 Å². The van der Waals surface area contributed by atoms with Crippen LogP contribution in [0.1, 0.15) is 38.2 Å². The van der Waals surface area contributed by atoms with Crippen LogP contribution in [0, 0.1) is 17.8 Å². The second-order valence-electron chi connectivity index (χ2n) is 5.53. The van der Waals surface area contributed by atoms with Crippen molar-refractivity contribution < 1.29 is 13.5 Å². The van der Waals surface area contributed by atoms with Crippen molar-refractivity contribution in [2.75, 3.05) is 6.61 Å². The van der Waals surface area contributed by atoms with E-state index in [2.05, 4.69) is 23.5 Å². The van der Waals surface area contributed by atoms with Crippen LogP contribution in [-0.4, -0.2) is 26.2 Å². The molecule has 0 aromatic heterocycles. The molecule has 1 aliphatic rings. The second-order valence-corrected chi connectivity index (χ2v) is 7.22. The van der Waals surface area contributed by atoms with Crippen molar-refractivity contribution in [2.45, 2.75) is 43.5 Å². The Bertz CT molecular complexity index is 635. The molecular formula is C16H21NO3S. The summed E-state index contributed by atoms with van der Waals surface area (Å²) in [6, 6.07) is 6.63. The molecule has 5 heteroatoms. The zero-order valence-electron chi connectivity index (χ0n) is 12.2. The molecule has 1 aliphatic carbocycles. The lowest BCUT2D eigenvalue weighted by molar-refractivity contribution is 0.332. The van der Waals surface area contributed by atoms with E-state index in [1.165, 1.54) is 0 Å². The van der Waals surface area contributed by atoms with Gasteiger partial charge in [0.25, 0.3) is 0 Å². The molecule has 1 saturated carbocycles. The number of rotatable bonds is 3. The average molecular weight is 307 g/mol. The molecule has 21 heavy (non-hydrogen) atoms. The van der Waals surface area contributed by atoms with Gasteiger partial charge in [-0.15, -0.1) is 0 Å². The van der Waals surface area contributed by atoms with Crippen LogP contribution in [0.2, 0.25) is 0 Å². The monoisotopic (exact) mass is 307 g/mol. The van der Waals surface area contributed by atoms with E-state index < -0.39 is 10.0 Å². The van der Waals surface area contributed by atoms with Crippen molar-refractivity contribution in [3.8, 4) is 11.8 Å². The number of hydrogen-bond acceptors (Lipinski definition) is 3. The first-order valence-electron chi connectivity index (χ1n) is 7.24. The Morgan fingerprint density at radius 2 is 1.90 bits per heavy atom. The smallest absolute Gasteiger partial charge is 0.242 e. The van der Waals surface area contributed by atoms with E-state index in [1.54, 1.807) is 24.3 Å². The predicted molar refractivity (Wildman–Crippen MR) is 82.1 cm³/mol. The van der Waals surface area contributed by atoms with Crippen molar-refractivity contribution in [3.05, 3.63) is 29.8 Å². The standard InChI is InChI=1S/C16H21NO3S/c1-13-8-10-15(11-9-13)17-21(19,20)16-7-3-2-5-14(16)6-4-12-18/h2-3,5,7,13,15,17-18H,8-12H2,1H3. The van der Waals surface area contributed by atoms with Crippen molar-refractivity contribution in [1.29, 1.82) is 0 Å². The molecule has 2 rings (SSSR count). The molecule has 0 unspecified atom stereocenters. The van der Waals surface area contributed by atoms with E-state index in [0.29, 0.717) is 11.5 Å². The van der Waals surface area contributed by atoms with Gasteiger partial charge in [-0.05, 0) is 43.7 Å². The Kier molecular flexibility index (Phi) is 5.40. The first-order chi connectivity index (χ1) is 10.0. The lowest BCUT2D eigenvalue weighted by Gasteiger charge is -2.26. The number of aliphatic hydroxyl groups is 1. The fourth-order valence-corrected chi connectivity index (χ4v) is 4.07. The molecule has 0 saturated heterocycles. The van der Waals surface area contributed by atoms with E-state index in [4.69, 9.17) is 5.11 Å². The minimum Gasteiger partial charge on any atom is -0.384 e. The molecule has 114 valence electrons. The number of nitrogens with one attached hydrogen (secondary N) is 1. The van der Waals surface area contributed by atoms with Crippen molar-refractivity contribution in [2.24, 2.45) is 5.92 Å². The van der Waals surface area contributed by atoms with Gasteiger partial charge in [0.1, 0.15) is 6.61 Å². The maximum absolute atomic E-state index is 12.5. The first-order valence-corrected chi connectivity index (χ1v) is 8.72. The van der Waals surface area contributed by atoms with Gasteiger partial charge >= 0.3 is 0 Å². The van der Waals surface area contributed by atoms with Gasteiger partial charge in [0.2, 0.25) is 10.0 Å². The summed E-state index contributed by atoms with van der Waals surface area (Å²) in [5.74, 6) is 5.87. The summed E-state index contributed by atoms with van der Waals surface area (Å²) >= 11 is 0. The SMILES string of the molecule is CC1CCC(NS(=O)(=O)c2ccccc2C#CCO)CC1. The van der Waals surface area contributed by atoms with Gasteiger partial charge in [-0.3, -0.25) is 0 Å². The normalized spacial score (nSPS) is 22.4. The van der Waals surface area contributed by atoms with Gasteiger partial charge in [0.15, 0.2) is 0 Å². The van der Waals surface area contributed by atoms with E-state index >= 15 is 0 Å². The molecule has 0 radical (unpaired) electrons. The Morgan fingerprint density at radius 3 is 2.57 bits per heavy atom. The third-order valence-corrected chi connectivity index (χ3v) is 5.40. The molecule has 1 aromatic carbocycles. The summed E-state index contributed by atoms with van der Waals surface area (Å²) in [7, 11) is -3.57. The maximum Gasteiger partial charge on any atom is 0.242 e. The zero-order chi connectivity index (χ0) is 15.3. The fraction of sp³-hybridized carbons (Fsp3) is 0.500. The van der Waals surface area contributed by atoms with E-state index in [0.717, 1.165) is 25.7 Å². The van der Waals surface area contributed by atoms with Crippen LogP contribution in [-0.2, 0) is 10.0 Å². The molecule has 0 heterocycles. The highest BCUT2D eigenvalue weighted by atomic mass is 32.2. The molecule has 0 amide bonds. The number of sulfonamides is 1. The first kappa shape index (κ1) is 16.0. The second kappa shape index (κ2) is 7.08. The highest BCUT2D eigenvalue weighted by Crippen LogP contribution is 2.25. The molecule has 0 atom stereocenters. The summed E-state index contributed by atoms with van der Waals surface area (Å²) in [5.41, 5.74) is 0.420. The van der Waals surface area contributed by atoms with E-state index in [-0.39, 0.29) is 17.5 Å². The number of benzene rings is 1. The van der Waals surface area contributed by atoms with Crippen LogP contribution in [0.15, 0.2) is 29.2 Å². The van der Waals surface area contributed by atoms with Crippen molar-refractivity contribution in [1.82, 2.24) is 4.72 Å². The van der Waals surface area contributed by atoms with Gasteiger partial charge in [0.05, 0.1) is 4.90 Å². The molecule has 4 nitrogen and oxygen atoms in total. The third-order valence-electron chi connectivity index (χ3n) is 3.82. The highest BCUT2D eigenvalue weighted by Gasteiger charge is 2.25. The summed E-state index contributed by atoms with van der Waals surface area (Å²) in [5, 5.41) is 8.77. The van der Waals surface area contributed by atoms with Crippen LogP contribution in [0.4, 0.5) is 0 Å². The van der Waals surface area contributed by atoms with Crippen molar-refractivity contribution >= 4 is 10.0 Å². The predicted octanol–water partition coefficient (Wildman–Crippen LogP) is 1.89. The molecule has 2 N–H and O–H groups in total. The summed E-state index contributed by atoms with van der Waals surface area (Å²) in [6.07, 6.45) is 3.87. The van der Waals surface area contributed by atoms with Crippen LogP contribution in [0.5, 0.6) is 0 Å². The third kappa shape index (κ3) is 4.31.